The quantitative estimate of drug-likeness (QED) is 0.801. The maximum Gasteiger partial charge on any atom is 0.482 e. The molecule has 1 atom stereocenters. The van der Waals surface area contributed by atoms with Crippen molar-refractivity contribution in [2.75, 3.05) is 0 Å². The van der Waals surface area contributed by atoms with Gasteiger partial charge in [-0.05, 0) is 39.8 Å². The van der Waals surface area contributed by atoms with Crippen molar-refractivity contribution in [2.24, 2.45) is 5.73 Å². The van der Waals surface area contributed by atoms with Gasteiger partial charge in [-0.15, -0.1) is 0 Å². The summed E-state index contributed by atoms with van der Waals surface area (Å²) >= 11 is 0. The van der Waals surface area contributed by atoms with Crippen LogP contribution < -0.4 is 11.1 Å². The van der Waals surface area contributed by atoms with E-state index in [1.165, 1.54) is 0 Å². The van der Waals surface area contributed by atoms with Gasteiger partial charge in [-0.25, -0.2) is 0 Å². The first-order valence-corrected chi connectivity index (χ1v) is 7.62. The fraction of sp³-hybridized carbons (Fsp3) is 0.500. The molecule has 1 aromatic carbocycles. The van der Waals surface area contributed by atoms with Crippen LogP contribution in [0.3, 0.4) is 0 Å². The average molecular weight is 318 g/mol. The second-order valence-electron chi connectivity index (χ2n) is 6.74. The first-order chi connectivity index (χ1) is 10.6. The predicted octanol–water partition coefficient (Wildman–Crippen LogP) is 1.29. The summed E-state index contributed by atoms with van der Waals surface area (Å²) in [6.45, 7) is 7.64. The molecule has 0 bridgehead atoms. The molecule has 2 amide bonds. The molecular weight excluding hydrogens is 295 g/mol. The Morgan fingerprint density at radius 2 is 1.65 bits per heavy atom. The zero-order valence-corrected chi connectivity index (χ0v) is 14.0. The van der Waals surface area contributed by atoms with Crippen molar-refractivity contribution in [1.82, 2.24) is 5.32 Å². The smallest absolute Gasteiger partial charge is 0.402 e. The number of rotatable bonds is 5. The van der Waals surface area contributed by atoms with Crippen molar-refractivity contribution in [1.29, 1.82) is 0 Å². The largest absolute Gasteiger partial charge is 0.482 e. The van der Waals surface area contributed by atoms with Gasteiger partial charge in [-0.1, -0.05) is 18.2 Å². The minimum atomic E-state index is -0.736. The molecule has 7 heteroatoms. The number of carbonyl (C=O) groups excluding carboxylic acids is 2. The van der Waals surface area contributed by atoms with Gasteiger partial charge in [0.15, 0.2) is 0 Å². The predicted molar refractivity (Wildman–Crippen MR) is 87.6 cm³/mol. The minimum absolute atomic E-state index is 0.0601. The van der Waals surface area contributed by atoms with Gasteiger partial charge in [0.1, 0.15) is 0 Å². The molecule has 1 fully saturated rings. The van der Waals surface area contributed by atoms with Gasteiger partial charge in [-0.3, -0.25) is 9.59 Å². The highest BCUT2D eigenvalue weighted by Crippen LogP contribution is 2.37. The molecule has 6 nitrogen and oxygen atoms in total. The summed E-state index contributed by atoms with van der Waals surface area (Å²) < 4.78 is 11.8. The van der Waals surface area contributed by atoms with E-state index in [0.717, 1.165) is 0 Å². The fourth-order valence-electron chi connectivity index (χ4n) is 2.33. The van der Waals surface area contributed by atoms with E-state index in [1.807, 2.05) is 33.8 Å². The number of nitrogens with two attached hydrogens (primary N) is 1. The maximum atomic E-state index is 12.3. The van der Waals surface area contributed by atoms with E-state index in [9.17, 15) is 9.59 Å². The first kappa shape index (κ1) is 17.5. The third kappa shape index (κ3) is 3.92. The van der Waals surface area contributed by atoms with Crippen LogP contribution in [-0.2, 0) is 14.1 Å². The normalized spacial score (nSPS) is 20.1. The molecular formula is C16H23BN2O4. The van der Waals surface area contributed by atoms with E-state index in [0.29, 0.717) is 5.56 Å². The van der Waals surface area contributed by atoms with Crippen LogP contribution in [0, 0.1) is 0 Å². The van der Waals surface area contributed by atoms with Gasteiger partial charge in [0, 0.05) is 12.0 Å². The summed E-state index contributed by atoms with van der Waals surface area (Å²) in [4.78, 5) is 23.7. The highest BCUT2D eigenvalue weighted by Gasteiger charge is 2.54. The zero-order chi connectivity index (χ0) is 17.3. The lowest BCUT2D eigenvalue weighted by Gasteiger charge is -2.32. The molecule has 124 valence electrons. The van der Waals surface area contributed by atoms with E-state index in [-0.39, 0.29) is 12.3 Å². The molecule has 1 unspecified atom stereocenters. The topological polar surface area (TPSA) is 90.6 Å². The van der Waals surface area contributed by atoms with Crippen LogP contribution in [0.15, 0.2) is 30.3 Å². The van der Waals surface area contributed by atoms with Crippen molar-refractivity contribution in [3.8, 4) is 0 Å². The molecule has 0 saturated carbocycles. The van der Waals surface area contributed by atoms with E-state index in [4.69, 9.17) is 15.0 Å². The third-order valence-corrected chi connectivity index (χ3v) is 4.37. The van der Waals surface area contributed by atoms with Gasteiger partial charge in [0.2, 0.25) is 5.91 Å². The molecule has 0 aromatic heterocycles. The SMILES string of the molecule is CC1(C)OB(C(CC(N)=O)NC(=O)c2ccccc2)OC1(C)C. The number of primary amides is 1. The van der Waals surface area contributed by atoms with E-state index < -0.39 is 30.2 Å². The van der Waals surface area contributed by atoms with Crippen molar-refractivity contribution >= 4 is 18.9 Å². The number of carbonyl (C=O) groups is 2. The van der Waals surface area contributed by atoms with Crippen LogP contribution in [0.4, 0.5) is 0 Å². The lowest BCUT2D eigenvalue weighted by molar-refractivity contribution is -0.118. The van der Waals surface area contributed by atoms with Crippen LogP contribution in [0.1, 0.15) is 44.5 Å². The number of amides is 2. The lowest BCUT2D eigenvalue weighted by Crippen LogP contribution is -2.50. The summed E-state index contributed by atoms with van der Waals surface area (Å²) in [6.07, 6.45) is -0.0601. The Hall–Kier alpha value is -1.86. The van der Waals surface area contributed by atoms with E-state index >= 15 is 0 Å². The Labute approximate surface area is 136 Å². The summed E-state index contributed by atoms with van der Waals surface area (Å²) in [5.41, 5.74) is 4.71. The van der Waals surface area contributed by atoms with E-state index in [1.54, 1.807) is 24.3 Å². The number of nitrogens with one attached hydrogen (secondary N) is 1. The Balaban J connectivity index is 2.15. The zero-order valence-electron chi connectivity index (χ0n) is 14.0. The monoisotopic (exact) mass is 318 g/mol. The lowest BCUT2D eigenvalue weighted by atomic mass is 9.76. The van der Waals surface area contributed by atoms with Crippen molar-refractivity contribution < 1.29 is 18.9 Å². The van der Waals surface area contributed by atoms with Gasteiger partial charge in [0.25, 0.3) is 5.91 Å². The van der Waals surface area contributed by atoms with Crippen molar-refractivity contribution in [3.63, 3.8) is 0 Å². The maximum absolute atomic E-state index is 12.3. The molecule has 1 aromatic rings. The van der Waals surface area contributed by atoms with Crippen LogP contribution in [0.2, 0.25) is 0 Å². The molecule has 0 aliphatic carbocycles. The van der Waals surface area contributed by atoms with Gasteiger partial charge in [-0.2, -0.15) is 0 Å². The highest BCUT2D eigenvalue weighted by atomic mass is 16.7. The van der Waals surface area contributed by atoms with E-state index in [2.05, 4.69) is 5.32 Å². The third-order valence-electron chi connectivity index (χ3n) is 4.37. The van der Waals surface area contributed by atoms with Gasteiger partial charge < -0.3 is 20.4 Å². The Kier molecular flexibility index (Phi) is 4.82. The standard InChI is InChI=1S/C16H23BN2O4/c1-15(2)16(3,4)23-17(22-15)12(10-13(18)20)19-14(21)11-8-6-5-7-9-11/h5-9,12H,10H2,1-4H3,(H2,18,20)(H,19,21). The summed E-state index contributed by atoms with van der Waals surface area (Å²) in [5.74, 6) is -1.48. The number of hydrogen-bond acceptors (Lipinski definition) is 4. The number of benzene rings is 1. The Morgan fingerprint density at radius 1 is 1.13 bits per heavy atom. The second kappa shape index (κ2) is 6.33. The van der Waals surface area contributed by atoms with Crippen molar-refractivity contribution in [3.05, 3.63) is 35.9 Å². The summed E-state index contributed by atoms with van der Waals surface area (Å²) in [6, 6.07) is 8.76. The van der Waals surface area contributed by atoms with Crippen molar-refractivity contribution in [2.45, 2.75) is 51.3 Å². The van der Waals surface area contributed by atoms with Crippen LogP contribution in [-0.4, -0.2) is 36.1 Å². The molecule has 23 heavy (non-hydrogen) atoms. The molecule has 1 aliphatic rings. The van der Waals surface area contributed by atoms with Gasteiger partial charge >= 0.3 is 7.12 Å². The molecule has 2 rings (SSSR count). The summed E-state index contributed by atoms with van der Waals surface area (Å²) in [7, 11) is -0.736. The second-order valence-corrected chi connectivity index (χ2v) is 6.74. The average Bonchev–Trinajstić information content (AvgIpc) is 2.67. The van der Waals surface area contributed by atoms with Crippen LogP contribution >= 0.6 is 0 Å². The van der Waals surface area contributed by atoms with Crippen LogP contribution in [0.5, 0.6) is 0 Å². The molecule has 1 aliphatic heterocycles. The Bertz CT molecular complexity index is 573. The van der Waals surface area contributed by atoms with Gasteiger partial charge in [0.05, 0.1) is 17.1 Å². The molecule has 1 saturated heterocycles. The number of hydrogen-bond donors (Lipinski definition) is 2. The summed E-state index contributed by atoms with van der Waals surface area (Å²) in [5, 5.41) is 2.79. The van der Waals surface area contributed by atoms with Crippen LogP contribution in [0.25, 0.3) is 0 Å². The minimum Gasteiger partial charge on any atom is -0.402 e. The fourth-order valence-corrected chi connectivity index (χ4v) is 2.33. The molecule has 0 spiro atoms. The first-order valence-electron chi connectivity index (χ1n) is 7.62. The molecule has 1 heterocycles. The highest BCUT2D eigenvalue weighted by molar-refractivity contribution is 6.48. The molecule has 3 N–H and O–H groups in total. The Morgan fingerprint density at radius 3 is 2.13 bits per heavy atom. The molecule has 0 radical (unpaired) electrons.